The van der Waals surface area contributed by atoms with Gasteiger partial charge in [0.2, 0.25) is 5.89 Å². The molecule has 1 N–H and O–H groups in total. The normalized spacial score (nSPS) is 10.9. The van der Waals surface area contributed by atoms with E-state index in [4.69, 9.17) is 21.1 Å². The Morgan fingerprint density at radius 3 is 2.93 bits per heavy atom. The van der Waals surface area contributed by atoms with Crippen LogP contribution in [-0.2, 0) is 0 Å². The highest BCUT2D eigenvalue weighted by Crippen LogP contribution is 2.28. The Balaban J connectivity index is 2.32. The summed E-state index contributed by atoms with van der Waals surface area (Å²) in [5, 5.41) is 7.49. The lowest BCUT2D eigenvalue weighted by molar-refractivity contribution is 0.549. The number of furan rings is 1. The molecule has 3 rings (SSSR count). The van der Waals surface area contributed by atoms with Crippen LogP contribution in [0, 0.1) is 4.84 Å². The third-order valence-corrected chi connectivity index (χ3v) is 2.32. The number of nitrogens with zero attached hydrogens (tertiary/aromatic N) is 1. The van der Waals surface area contributed by atoms with Crippen molar-refractivity contribution >= 4 is 23.2 Å². The highest BCUT2D eigenvalue weighted by molar-refractivity contribution is 7.71. The van der Waals surface area contributed by atoms with Crippen LogP contribution in [0.4, 0.5) is 0 Å². The molecular weight excluding hydrogens is 212 g/mol. The minimum Gasteiger partial charge on any atom is -0.463 e. The molecular formula is C10H6N2O2S. The summed E-state index contributed by atoms with van der Waals surface area (Å²) in [5.74, 6) is 0.449. The quantitative estimate of drug-likeness (QED) is 0.637. The second-order valence-corrected chi connectivity index (χ2v) is 3.43. The summed E-state index contributed by atoms with van der Waals surface area (Å²) >= 11 is 4.81. The lowest BCUT2D eigenvalue weighted by Gasteiger charge is -1.88. The van der Waals surface area contributed by atoms with E-state index in [2.05, 4.69) is 10.2 Å². The van der Waals surface area contributed by atoms with Gasteiger partial charge >= 0.3 is 0 Å². The Kier molecular flexibility index (Phi) is 1.72. The number of rotatable bonds is 1. The van der Waals surface area contributed by atoms with Crippen LogP contribution >= 0.6 is 12.2 Å². The minimum absolute atomic E-state index is 0.260. The van der Waals surface area contributed by atoms with E-state index < -0.39 is 0 Å². The Morgan fingerprint density at radius 2 is 2.13 bits per heavy atom. The van der Waals surface area contributed by atoms with E-state index in [1.54, 1.807) is 6.26 Å². The topological polar surface area (TPSA) is 55.0 Å². The molecule has 2 heterocycles. The van der Waals surface area contributed by atoms with Crippen molar-refractivity contribution in [2.24, 2.45) is 0 Å². The summed E-state index contributed by atoms with van der Waals surface area (Å²) in [6, 6.07) is 7.68. The fourth-order valence-corrected chi connectivity index (χ4v) is 1.61. The molecule has 4 nitrogen and oxygen atoms in total. The largest absolute Gasteiger partial charge is 0.463 e. The molecule has 2 aromatic heterocycles. The standard InChI is InChI=1S/C10H6N2O2S/c15-10-12-11-9(14-10)7-5-13-8-4-2-1-3-6(7)8/h1-5H,(H,12,15). The number of para-hydroxylation sites is 1. The lowest BCUT2D eigenvalue weighted by Crippen LogP contribution is -1.74. The zero-order valence-corrected chi connectivity index (χ0v) is 8.38. The summed E-state index contributed by atoms with van der Waals surface area (Å²) in [7, 11) is 0. The van der Waals surface area contributed by atoms with E-state index in [0.29, 0.717) is 5.89 Å². The second kappa shape index (κ2) is 3.06. The Bertz CT molecular complexity index is 665. The van der Waals surface area contributed by atoms with Crippen molar-refractivity contribution < 1.29 is 8.83 Å². The van der Waals surface area contributed by atoms with E-state index in [-0.39, 0.29) is 4.84 Å². The van der Waals surface area contributed by atoms with Crippen LogP contribution in [0.15, 0.2) is 39.4 Å². The smallest absolute Gasteiger partial charge is 0.284 e. The van der Waals surface area contributed by atoms with Gasteiger partial charge in [-0.15, -0.1) is 5.10 Å². The SMILES string of the molecule is S=c1[nH]nc(-c2coc3ccccc23)o1. The summed E-state index contributed by atoms with van der Waals surface area (Å²) < 4.78 is 10.6. The molecule has 0 aliphatic rings. The Labute approximate surface area is 89.5 Å². The van der Waals surface area contributed by atoms with Crippen LogP contribution in [0.3, 0.4) is 0 Å². The first-order valence-electron chi connectivity index (χ1n) is 4.37. The van der Waals surface area contributed by atoms with Gasteiger partial charge in [-0.25, -0.2) is 5.10 Å². The first-order valence-corrected chi connectivity index (χ1v) is 4.77. The van der Waals surface area contributed by atoms with Crippen molar-refractivity contribution in [3.05, 3.63) is 35.4 Å². The molecule has 0 amide bonds. The fourth-order valence-electron chi connectivity index (χ4n) is 1.49. The Hall–Kier alpha value is -1.88. The monoisotopic (exact) mass is 218 g/mol. The molecule has 3 aromatic rings. The number of hydrogen-bond donors (Lipinski definition) is 1. The highest BCUT2D eigenvalue weighted by Gasteiger charge is 2.11. The molecule has 0 saturated carbocycles. The molecule has 0 spiro atoms. The van der Waals surface area contributed by atoms with E-state index >= 15 is 0 Å². The average molecular weight is 218 g/mol. The van der Waals surface area contributed by atoms with Crippen molar-refractivity contribution in [2.45, 2.75) is 0 Å². The molecule has 0 fully saturated rings. The van der Waals surface area contributed by atoms with Crippen molar-refractivity contribution in [1.82, 2.24) is 10.2 Å². The molecule has 5 heteroatoms. The molecule has 0 bridgehead atoms. The maximum atomic E-state index is 5.36. The molecule has 0 saturated heterocycles. The molecule has 15 heavy (non-hydrogen) atoms. The zero-order valence-electron chi connectivity index (χ0n) is 7.56. The van der Waals surface area contributed by atoms with Crippen molar-refractivity contribution in [3.63, 3.8) is 0 Å². The number of aromatic amines is 1. The van der Waals surface area contributed by atoms with Gasteiger partial charge in [0.25, 0.3) is 4.84 Å². The van der Waals surface area contributed by atoms with Gasteiger partial charge in [0.15, 0.2) is 0 Å². The van der Waals surface area contributed by atoms with Crippen LogP contribution in [0.1, 0.15) is 0 Å². The third kappa shape index (κ3) is 1.28. The molecule has 0 aliphatic carbocycles. The zero-order chi connectivity index (χ0) is 10.3. The van der Waals surface area contributed by atoms with Gasteiger partial charge in [0.05, 0.1) is 5.56 Å². The van der Waals surface area contributed by atoms with Crippen molar-refractivity contribution in [1.29, 1.82) is 0 Å². The summed E-state index contributed by atoms with van der Waals surface area (Å²) in [6.07, 6.45) is 1.61. The highest BCUT2D eigenvalue weighted by atomic mass is 32.1. The van der Waals surface area contributed by atoms with E-state index in [0.717, 1.165) is 16.5 Å². The number of nitrogens with one attached hydrogen (secondary N) is 1. The first kappa shape index (κ1) is 8.43. The van der Waals surface area contributed by atoms with E-state index in [9.17, 15) is 0 Å². The lowest BCUT2D eigenvalue weighted by atomic mass is 10.2. The van der Waals surface area contributed by atoms with Crippen LogP contribution < -0.4 is 0 Å². The predicted octanol–water partition coefficient (Wildman–Crippen LogP) is 3.15. The van der Waals surface area contributed by atoms with Gasteiger partial charge in [-0.2, -0.15) is 0 Å². The molecule has 0 radical (unpaired) electrons. The number of benzene rings is 1. The maximum Gasteiger partial charge on any atom is 0.284 e. The van der Waals surface area contributed by atoms with Gasteiger partial charge in [-0.05, 0) is 18.3 Å². The number of fused-ring (bicyclic) bond motifs is 1. The van der Waals surface area contributed by atoms with E-state index in [1.165, 1.54) is 0 Å². The minimum atomic E-state index is 0.260. The van der Waals surface area contributed by atoms with Crippen LogP contribution in [0.25, 0.3) is 22.4 Å². The van der Waals surface area contributed by atoms with E-state index in [1.807, 2.05) is 24.3 Å². The van der Waals surface area contributed by atoms with Gasteiger partial charge in [-0.1, -0.05) is 18.2 Å². The van der Waals surface area contributed by atoms with Crippen molar-refractivity contribution in [3.8, 4) is 11.5 Å². The third-order valence-electron chi connectivity index (χ3n) is 2.15. The maximum absolute atomic E-state index is 5.36. The second-order valence-electron chi connectivity index (χ2n) is 3.06. The number of aromatic nitrogens is 2. The average Bonchev–Trinajstić information content (AvgIpc) is 2.83. The van der Waals surface area contributed by atoms with Gasteiger partial charge in [-0.3, -0.25) is 0 Å². The summed E-state index contributed by atoms with van der Waals surface area (Å²) in [6.45, 7) is 0. The summed E-state index contributed by atoms with van der Waals surface area (Å²) in [4.78, 5) is 0.260. The number of hydrogen-bond acceptors (Lipinski definition) is 4. The molecule has 74 valence electrons. The predicted molar refractivity (Wildman–Crippen MR) is 56.9 cm³/mol. The Morgan fingerprint density at radius 1 is 1.27 bits per heavy atom. The van der Waals surface area contributed by atoms with Crippen LogP contribution in [0.2, 0.25) is 0 Å². The fraction of sp³-hybridized carbons (Fsp3) is 0. The van der Waals surface area contributed by atoms with Crippen LogP contribution in [0.5, 0.6) is 0 Å². The van der Waals surface area contributed by atoms with Gasteiger partial charge < -0.3 is 8.83 Å². The number of H-pyrrole nitrogens is 1. The molecule has 0 aliphatic heterocycles. The van der Waals surface area contributed by atoms with Crippen LogP contribution in [-0.4, -0.2) is 10.2 Å². The molecule has 1 aromatic carbocycles. The van der Waals surface area contributed by atoms with Gasteiger partial charge in [0.1, 0.15) is 11.8 Å². The van der Waals surface area contributed by atoms with Crippen molar-refractivity contribution in [2.75, 3.05) is 0 Å². The van der Waals surface area contributed by atoms with Gasteiger partial charge in [0, 0.05) is 5.39 Å². The molecule has 0 unspecified atom stereocenters. The first-order chi connectivity index (χ1) is 7.34. The molecule has 0 atom stereocenters. The summed E-state index contributed by atoms with van der Waals surface area (Å²) in [5.41, 5.74) is 1.61.